The van der Waals surface area contributed by atoms with Crippen LogP contribution >= 0.6 is 15.9 Å². The molecule has 3 aromatic rings. The molecular formula is C18H14BrN3O2. The number of fused-ring (bicyclic) bond motifs is 1. The smallest absolute Gasteiger partial charge is 0.161 e. The Balaban J connectivity index is 2.09. The first-order valence-corrected chi connectivity index (χ1v) is 7.96. The van der Waals surface area contributed by atoms with Gasteiger partial charge in [-0.2, -0.15) is 5.26 Å². The quantitative estimate of drug-likeness (QED) is 0.656. The van der Waals surface area contributed by atoms with E-state index < -0.39 is 0 Å². The average molecular weight is 384 g/mol. The molecule has 0 aliphatic heterocycles. The number of rotatable bonds is 3. The summed E-state index contributed by atoms with van der Waals surface area (Å²) in [7, 11) is 1.48. The molecule has 2 aromatic carbocycles. The van der Waals surface area contributed by atoms with E-state index in [1.54, 1.807) is 12.1 Å². The van der Waals surface area contributed by atoms with Gasteiger partial charge < -0.3 is 14.8 Å². The number of nitrogens with one attached hydrogen (secondary N) is 1. The van der Waals surface area contributed by atoms with Gasteiger partial charge in [0.15, 0.2) is 11.5 Å². The van der Waals surface area contributed by atoms with Crippen molar-refractivity contribution in [3.63, 3.8) is 0 Å². The minimum atomic E-state index is 0.00414. The van der Waals surface area contributed by atoms with Crippen molar-refractivity contribution in [2.45, 2.75) is 6.92 Å². The van der Waals surface area contributed by atoms with Gasteiger partial charge in [0.2, 0.25) is 0 Å². The molecule has 0 atom stereocenters. The second kappa shape index (κ2) is 6.38. The Morgan fingerprint density at radius 1 is 1.38 bits per heavy atom. The number of ether oxygens (including phenoxy) is 1. The fourth-order valence-electron chi connectivity index (χ4n) is 2.39. The number of aromatic amines is 1. The highest BCUT2D eigenvalue weighted by molar-refractivity contribution is 9.10. The van der Waals surface area contributed by atoms with Crippen LogP contribution in [0.4, 0.5) is 0 Å². The molecule has 1 aromatic heterocycles. The second-order valence-electron chi connectivity index (χ2n) is 5.32. The largest absolute Gasteiger partial charge is 0.504 e. The number of phenolic OH excluding ortho intramolecular Hbond substituents is 1. The van der Waals surface area contributed by atoms with Gasteiger partial charge in [0.1, 0.15) is 11.9 Å². The van der Waals surface area contributed by atoms with Crippen LogP contribution in [0.2, 0.25) is 0 Å². The van der Waals surface area contributed by atoms with Gasteiger partial charge in [0, 0.05) is 4.47 Å². The van der Waals surface area contributed by atoms with E-state index >= 15 is 0 Å². The number of imidazole rings is 1. The summed E-state index contributed by atoms with van der Waals surface area (Å²) in [4.78, 5) is 7.62. The van der Waals surface area contributed by atoms with Gasteiger partial charge in [-0.25, -0.2) is 4.98 Å². The first-order chi connectivity index (χ1) is 11.5. The monoisotopic (exact) mass is 383 g/mol. The lowest BCUT2D eigenvalue weighted by atomic mass is 10.1. The highest BCUT2D eigenvalue weighted by atomic mass is 79.9. The first-order valence-electron chi connectivity index (χ1n) is 7.17. The average Bonchev–Trinajstić information content (AvgIpc) is 2.97. The number of H-pyrrole nitrogens is 1. The van der Waals surface area contributed by atoms with Crippen LogP contribution in [0.3, 0.4) is 0 Å². The number of nitrogens with zero attached hydrogens (tertiary/aromatic N) is 2. The molecule has 0 spiro atoms. The summed E-state index contributed by atoms with van der Waals surface area (Å²) >= 11 is 3.42. The molecule has 6 heteroatoms. The standard InChI is InChI=1S/C18H14BrN3O2/c1-10-3-4-14-15(5-10)22-18(21-14)12(9-20)6-11-7-16(23)17(24-2)8-13(11)19/h3-8,23H,1-2H3,(H,21,22). The van der Waals surface area contributed by atoms with E-state index in [9.17, 15) is 10.4 Å². The summed E-state index contributed by atoms with van der Waals surface area (Å²) in [6.45, 7) is 2.00. The highest BCUT2D eigenvalue weighted by Crippen LogP contribution is 2.34. The molecule has 3 rings (SSSR count). The molecule has 120 valence electrons. The third-order valence-electron chi connectivity index (χ3n) is 3.61. The predicted octanol–water partition coefficient (Wildman–Crippen LogP) is 4.41. The van der Waals surface area contributed by atoms with E-state index in [0.717, 1.165) is 16.6 Å². The van der Waals surface area contributed by atoms with Gasteiger partial charge in [-0.3, -0.25) is 0 Å². The minimum absolute atomic E-state index is 0.00414. The van der Waals surface area contributed by atoms with Crippen LogP contribution in [0.15, 0.2) is 34.8 Å². The third-order valence-corrected chi connectivity index (χ3v) is 4.30. The number of nitriles is 1. The van der Waals surface area contributed by atoms with Crippen LogP contribution < -0.4 is 4.74 Å². The zero-order valence-electron chi connectivity index (χ0n) is 13.1. The molecule has 24 heavy (non-hydrogen) atoms. The fraction of sp³-hybridized carbons (Fsp3) is 0.111. The maximum atomic E-state index is 9.94. The number of aryl methyl sites for hydroxylation is 1. The number of aromatic nitrogens is 2. The van der Waals surface area contributed by atoms with Crippen molar-refractivity contribution in [1.29, 1.82) is 5.26 Å². The Morgan fingerprint density at radius 3 is 2.88 bits per heavy atom. The van der Waals surface area contributed by atoms with Crippen molar-refractivity contribution < 1.29 is 9.84 Å². The van der Waals surface area contributed by atoms with Crippen LogP contribution in [-0.2, 0) is 0 Å². The van der Waals surface area contributed by atoms with E-state index in [1.165, 1.54) is 13.2 Å². The Kier molecular flexibility index (Phi) is 4.28. The van der Waals surface area contributed by atoms with E-state index in [2.05, 4.69) is 32.0 Å². The number of hydrogen-bond donors (Lipinski definition) is 2. The van der Waals surface area contributed by atoms with E-state index in [4.69, 9.17) is 4.74 Å². The van der Waals surface area contributed by atoms with Gasteiger partial charge in [0.05, 0.1) is 23.7 Å². The maximum absolute atomic E-state index is 9.94. The minimum Gasteiger partial charge on any atom is -0.504 e. The number of halogens is 1. The van der Waals surface area contributed by atoms with Gasteiger partial charge in [-0.05, 0) is 48.4 Å². The van der Waals surface area contributed by atoms with Gasteiger partial charge in [0.25, 0.3) is 0 Å². The van der Waals surface area contributed by atoms with Crippen LogP contribution in [0.5, 0.6) is 11.5 Å². The van der Waals surface area contributed by atoms with E-state index in [0.29, 0.717) is 27.2 Å². The van der Waals surface area contributed by atoms with Crippen LogP contribution in [-0.4, -0.2) is 22.2 Å². The lowest BCUT2D eigenvalue weighted by Crippen LogP contribution is -1.88. The van der Waals surface area contributed by atoms with E-state index in [1.807, 2.05) is 25.1 Å². The predicted molar refractivity (Wildman–Crippen MR) is 96.7 cm³/mol. The second-order valence-corrected chi connectivity index (χ2v) is 6.18. The zero-order chi connectivity index (χ0) is 17.3. The van der Waals surface area contributed by atoms with Crippen LogP contribution in [0.25, 0.3) is 22.7 Å². The number of phenols is 1. The molecule has 0 saturated heterocycles. The van der Waals surface area contributed by atoms with Crippen molar-refractivity contribution in [1.82, 2.24) is 9.97 Å². The Labute approximate surface area is 147 Å². The number of benzene rings is 2. The molecule has 5 nitrogen and oxygen atoms in total. The summed E-state index contributed by atoms with van der Waals surface area (Å²) < 4.78 is 5.77. The topological polar surface area (TPSA) is 81.9 Å². The molecule has 0 unspecified atom stereocenters. The summed E-state index contributed by atoms with van der Waals surface area (Å²) in [5.74, 6) is 0.849. The number of methoxy groups -OCH3 is 1. The molecular weight excluding hydrogens is 370 g/mol. The first kappa shape index (κ1) is 16.1. The molecule has 2 N–H and O–H groups in total. The van der Waals surface area contributed by atoms with Crippen molar-refractivity contribution in [3.05, 3.63) is 51.8 Å². The van der Waals surface area contributed by atoms with Crippen LogP contribution in [0, 0.1) is 18.3 Å². The Bertz CT molecular complexity index is 999. The Hall–Kier alpha value is -2.78. The molecule has 0 radical (unpaired) electrons. The molecule has 0 bridgehead atoms. The molecule has 1 heterocycles. The van der Waals surface area contributed by atoms with E-state index in [-0.39, 0.29) is 5.75 Å². The number of aromatic hydroxyl groups is 1. The highest BCUT2D eigenvalue weighted by Gasteiger charge is 2.11. The molecule has 0 fully saturated rings. The zero-order valence-corrected chi connectivity index (χ0v) is 14.7. The molecule has 0 amide bonds. The van der Waals surface area contributed by atoms with Gasteiger partial charge in [-0.15, -0.1) is 0 Å². The fourth-order valence-corrected chi connectivity index (χ4v) is 2.83. The summed E-state index contributed by atoms with van der Waals surface area (Å²) in [5.41, 5.74) is 3.81. The number of allylic oxidation sites excluding steroid dienone is 1. The van der Waals surface area contributed by atoms with Crippen molar-refractivity contribution in [3.8, 4) is 17.6 Å². The summed E-state index contributed by atoms with van der Waals surface area (Å²) in [5, 5.41) is 19.4. The molecule has 0 aliphatic carbocycles. The summed E-state index contributed by atoms with van der Waals surface area (Å²) in [6.07, 6.45) is 1.66. The van der Waals surface area contributed by atoms with Gasteiger partial charge >= 0.3 is 0 Å². The van der Waals surface area contributed by atoms with Crippen molar-refractivity contribution in [2.24, 2.45) is 0 Å². The molecule has 0 saturated carbocycles. The lowest BCUT2D eigenvalue weighted by molar-refractivity contribution is 0.373. The maximum Gasteiger partial charge on any atom is 0.161 e. The SMILES string of the molecule is COc1cc(Br)c(C=C(C#N)c2nc3ccc(C)cc3[nH]2)cc1O. The van der Waals surface area contributed by atoms with Crippen molar-refractivity contribution >= 4 is 38.6 Å². The normalized spacial score (nSPS) is 11.5. The summed E-state index contributed by atoms with van der Waals surface area (Å²) in [6, 6.07) is 11.2. The lowest BCUT2D eigenvalue weighted by Gasteiger charge is -2.06. The number of hydrogen-bond acceptors (Lipinski definition) is 4. The van der Waals surface area contributed by atoms with Crippen molar-refractivity contribution in [2.75, 3.05) is 7.11 Å². The Morgan fingerprint density at radius 2 is 2.17 bits per heavy atom. The third kappa shape index (κ3) is 2.99. The van der Waals surface area contributed by atoms with Crippen LogP contribution in [0.1, 0.15) is 17.0 Å². The molecule has 0 aliphatic rings. The van der Waals surface area contributed by atoms with Gasteiger partial charge in [-0.1, -0.05) is 22.0 Å².